The van der Waals surface area contributed by atoms with Gasteiger partial charge in [-0.2, -0.15) is 0 Å². The van der Waals surface area contributed by atoms with Crippen molar-refractivity contribution >= 4 is 5.84 Å². The Morgan fingerprint density at radius 1 is 1.30 bits per heavy atom. The smallest absolute Gasteiger partial charge is 0.269 e. The lowest BCUT2D eigenvalue weighted by Crippen LogP contribution is -2.62. The van der Waals surface area contributed by atoms with Crippen LogP contribution in [0.3, 0.4) is 0 Å². The van der Waals surface area contributed by atoms with E-state index in [9.17, 15) is 22.0 Å². The lowest BCUT2D eigenvalue weighted by atomic mass is 9.75. The average molecular weight is 297 g/mol. The Morgan fingerprint density at radius 3 is 2.50 bits per heavy atom. The van der Waals surface area contributed by atoms with Crippen molar-refractivity contribution in [3.63, 3.8) is 0 Å². The summed E-state index contributed by atoms with van der Waals surface area (Å²) in [6.07, 6.45) is -3.88. The van der Waals surface area contributed by atoms with Crippen molar-refractivity contribution in [3.05, 3.63) is 23.4 Å². The number of hydrogen-bond donors (Lipinski definition) is 2. The molecule has 0 aromatic heterocycles. The summed E-state index contributed by atoms with van der Waals surface area (Å²) in [5.74, 6) is -4.04. The van der Waals surface area contributed by atoms with E-state index in [0.717, 1.165) is 0 Å². The van der Waals surface area contributed by atoms with Gasteiger partial charge in [0.2, 0.25) is 5.67 Å². The fourth-order valence-corrected chi connectivity index (χ4v) is 2.29. The van der Waals surface area contributed by atoms with E-state index in [1.165, 1.54) is 0 Å². The largest absolute Gasteiger partial charge is 0.402 e. The van der Waals surface area contributed by atoms with Crippen LogP contribution in [0.2, 0.25) is 0 Å². The van der Waals surface area contributed by atoms with Crippen molar-refractivity contribution in [2.75, 3.05) is 13.2 Å². The van der Waals surface area contributed by atoms with Crippen molar-refractivity contribution in [2.45, 2.75) is 24.1 Å². The first-order valence-electron chi connectivity index (χ1n) is 5.64. The van der Waals surface area contributed by atoms with Crippen molar-refractivity contribution in [1.29, 1.82) is 0 Å². The maximum Gasteiger partial charge on any atom is 0.269 e. The van der Waals surface area contributed by atoms with Crippen LogP contribution in [-0.2, 0) is 4.74 Å². The molecule has 1 heterocycles. The van der Waals surface area contributed by atoms with Gasteiger partial charge in [0.15, 0.2) is 17.2 Å². The summed E-state index contributed by atoms with van der Waals surface area (Å²) in [5, 5.41) is 0. The molecule has 0 bridgehead atoms. The number of amidine groups is 1. The standard InChI is InChI=1S/C11H12F5N3O/c12-6-1-5(17)2-10(16,8(6)13)11(9(14)15)4-20-3-7(18)19-11/h1,9H,2-4,17H2,(H2,18,19)/t10?,11-/m0/s1. The van der Waals surface area contributed by atoms with Gasteiger partial charge in [0, 0.05) is 12.1 Å². The monoisotopic (exact) mass is 297 g/mol. The van der Waals surface area contributed by atoms with Crippen LogP contribution in [0.4, 0.5) is 22.0 Å². The molecule has 2 atom stereocenters. The Hall–Kier alpha value is -1.64. The first kappa shape index (κ1) is 14.8. The van der Waals surface area contributed by atoms with E-state index in [1.807, 2.05) is 0 Å². The summed E-state index contributed by atoms with van der Waals surface area (Å²) in [6.45, 7) is -1.22. The fourth-order valence-electron chi connectivity index (χ4n) is 2.29. The summed E-state index contributed by atoms with van der Waals surface area (Å²) in [5.41, 5.74) is 3.73. The van der Waals surface area contributed by atoms with Gasteiger partial charge in [-0.3, -0.25) is 4.99 Å². The molecule has 0 aromatic carbocycles. The molecule has 2 aliphatic rings. The highest BCUT2D eigenvalue weighted by molar-refractivity contribution is 5.82. The number of nitrogens with two attached hydrogens (primary N) is 2. The van der Waals surface area contributed by atoms with Crippen LogP contribution >= 0.6 is 0 Å². The van der Waals surface area contributed by atoms with E-state index in [-0.39, 0.29) is 6.61 Å². The van der Waals surface area contributed by atoms with Crippen LogP contribution in [0.15, 0.2) is 28.4 Å². The Kier molecular flexibility index (Phi) is 3.49. The molecule has 0 spiro atoms. The molecule has 4 N–H and O–H groups in total. The van der Waals surface area contributed by atoms with E-state index < -0.39 is 53.8 Å². The fraction of sp³-hybridized carbons (Fsp3) is 0.545. The number of alkyl halides is 3. The second kappa shape index (κ2) is 4.72. The average Bonchev–Trinajstić information content (AvgIpc) is 2.35. The SMILES string of the molecule is NC1=CC(F)=C(F)C(F)([C@@]2(C(F)F)COCC(N)=N2)C1. The summed E-state index contributed by atoms with van der Waals surface area (Å²) in [7, 11) is 0. The third-order valence-electron chi connectivity index (χ3n) is 3.28. The molecule has 0 saturated heterocycles. The van der Waals surface area contributed by atoms with Crippen LogP contribution in [0, 0.1) is 0 Å². The van der Waals surface area contributed by atoms with E-state index in [4.69, 9.17) is 16.2 Å². The summed E-state index contributed by atoms with van der Waals surface area (Å²) < 4.78 is 73.6. The summed E-state index contributed by atoms with van der Waals surface area (Å²) in [6, 6.07) is 0. The normalized spacial score (nSPS) is 35.1. The maximum absolute atomic E-state index is 14.9. The predicted octanol–water partition coefficient (Wildman–Crippen LogP) is 1.48. The highest BCUT2D eigenvalue weighted by atomic mass is 19.3. The Balaban J connectivity index is 2.61. The molecule has 1 aliphatic heterocycles. The molecule has 1 unspecified atom stereocenters. The highest BCUT2D eigenvalue weighted by Crippen LogP contribution is 2.49. The van der Waals surface area contributed by atoms with Crippen LogP contribution < -0.4 is 11.5 Å². The number of halogens is 5. The molecule has 9 heteroatoms. The van der Waals surface area contributed by atoms with E-state index in [0.29, 0.717) is 6.08 Å². The van der Waals surface area contributed by atoms with Crippen LogP contribution in [0.5, 0.6) is 0 Å². The first-order chi connectivity index (χ1) is 9.23. The quantitative estimate of drug-likeness (QED) is 0.758. The summed E-state index contributed by atoms with van der Waals surface area (Å²) >= 11 is 0. The van der Waals surface area contributed by atoms with Crippen molar-refractivity contribution in [3.8, 4) is 0 Å². The molecule has 20 heavy (non-hydrogen) atoms. The van der Waals surface area contributed by atoms with E-state index >= 15 is 0 Å². The number of rotatable bonds is 2. The molecule has 0 aromatic rings. The van der Waals surface area contributed by atoms with E-state index in [1.54, 1.807) is 0 Å². The van der Waals surface area contributed by atoms with Crippen LogP contribution in [-0.4, -0.2) is 36.7 Å². The zero-order chi connectivity index (χ0) is 15.1. The lowest BCUT2D eigenvalue weighted by molar-refractivity contribution is -0.0895. The Labute approximate surface area is 111 Å². The molecule has 0 fully saturated rings. The number of aliphatic imine (C=N–C) groups is 1. The molecule has 4 nitrogen and oxygen atoms in total. The summed E-state index contributed by atoms with van der Waals surface area (Å²) in [4.78, 5) is 3.35. The Morgan fingerprint density at radius 2 is 1.95 bits per heavy atom. The second-order valence-corrected chi connectivity index (χ2v) is 4.68. The van der Waals surface area contributed by atoms with Gasteiger partial charge in [-0.15, -0.1) is 0 Å². The molecule has 0 saturated carbocycles. The molecule has 112 valence electrons. The first-order valence-corrected chi connectivity index (χ1v) is 5.64. The Bertz CT molecular complexity index is 518. The van der Waals surface area contributed by atoms with Gasteiger partial charge in [0.05, 0.1) is 6.61 Å². The minimum atomic E-state index is -3.46. The molecule has 1 aliphatic carbocycles. The van der Waals surface area contributed by atoms with Gasteiger partial charge in [0.1, 0.15) is 12.4 Å². The topological polar surface area (TPSA) is 73.6 Å². The molecular weight excluding hydrogens is 285 g/mol. The highest BCUT2D eigenvalue weighted by Gasteiger charge is 2.64. The zero-order valence-electron chi connectivity index (χ0n) is 10.2. The zero-order valence-corrected chi connectivity index (χ0v) is 10.2. The second-order valence-electron chi connectivity index (χ2n) is 4.68. The van der Waals surface area contributed by atoms with Gasteiger partial charge in [-0.1, -0.05) is 0 Å². The minimum absolute atomic E-state index is 0.288. The van der Waals surface area contributed by atoms with Crippen molar-refractivity contribution in [1.82, 2.24) is 0 Å². The van der Waals surface area contributed by atoms with Gasteiger partial charge >= 0.3 is 0 Å². The van der Waals surface area contributed by atoms with Crippen LogP contribution in [0.25, 0.3) is 0 Å². The van der Waals surface area contributed by atoms with E-state index in [2.05, 4.69) is 4.99 Å². The van der Waals surface area contributed by atoms with Crippen molar-refractivity contribution < 1.29 is 26.7 Å². The molecule has 2 rings (SSSR count). The number of nitrogens with zero attached hydrogens (tertiary/aromatic N) is 1. The predicted molar refractivity (Wildman–Crippen MR) is 61.1 cm³/mol. The van der Waals surface area contributed by atoms with Gasteiger partial charge < -0.3 is 16.2 Å². The third-order valence-corrected chi connectivity index (χ3v) is 3.28. The van der Waals surface area contributed by atoms with Crippen molar-refractivity contribution in [2.24, 2.45) is 16.5 Å². The molecular formula is C11H12F5N3O. The van der Waals surface area contributed by atoms with Gasteiger partial charge in [-0.25, -0.2) is 22.0 Å². The minimum Gasteiger partial charge on any atom is -0.402 e. The molecule has 0 amide bonds. The number of hydrogen-bond acceptors (Lipinski definition) is 4. The number of ether oxygens (including phenoxy) is 1. The number of allylic oxidation sites excluding steroid dienone is 3. The van der Waals surface area contributed by atoms with Crippen LogP contribution in [0.1, 0.15) is 6.42 Å². The van der Waals surface area contributed by atoms with Gasteiger partial charge in [0.25, 0.3) is 6.43 Å². The van der Waals surface area contributed by atoms with Gasteiger partial charge in [-0.05, 0) is 6.08 Å². The maximum atomic E-state index is 14.9. The lowest BCUT2D eigenvalue weighted by Gasteiger charge is -2.43. The molecule has 0 radical (unpaired) electrons. The third kappa shape index (κ3) is 1.96.